The van der Waals surface area contributed by atoms with Crippen molar-refractivity contribution in [2.75, 3.05) is 36.5 Å². The predicted molar refractivity (Wildman–Crippen MR) is 127 cm³/mol. The van der Waals surface area contributed by atoms with Gasteiger partial charge in [-0.1, -0.05) is 24.3 Å². The second-order valence-corrected chi connectivity index (χ2v) is 8.14. The smallest absolute Gasteiger partial charge is 0.378 e. The van der Waals surface area contributed by atoms with Gasteiger partial charge in [-0.2, -0.15) is 13.2 Å². The molecule has 1 fully saturated rings. The lowest BCUT2D eigenvalue weighted by molar-refractivity contribution is -0.137. The number of nitrogens with one attached hydrogen (secondary N) is 1. The summed E-state index contributed by atoms with van der Waals surface area (Å²) in [5.74, 6) is 0.200. The Balaban J connectivity index is 1.33. The van der Waals surface area contributed by atoms with Gasteiger partial charge in [0.1, 0.15) is 5.82 Å². The Bertz CT molecular complexity index is 1370. The average molecular weight is 478 g/mol. The zero-order valence-electron chi connectivity index (χ0n) is 18.5. The lowest BCUT2D eigenvalue weighted by Crippen LogP contribution is -2.36. The third-order valence-corrected chi connectivity index (χ3v) is 5.79. The van der Waals surface area contributed by atoms with Crippen LogP contribution in [0.1, 0.15) is 15.9 Å². The van der Waals surface area contributed by atoms with Crippen LogP contribution in [0.5, 0.6) is 0 Å². The van der Waals surface area contributed by atoms with Crippen molar-refractivity contribution in [3.63, 3.8) is 0 Å². The second kappa shape index (κ2) is 9.34. The topological polar surface area (TPSA) is 67.4 Å². The molecule has 0 aliphatic carbocycles. The molecular formula is C26H21F3N4O2. The first kappa shape index (κ1) is 22.8. The van der Waals surface area contributed by atoms with Gasteiger partial charge in [0.05, 0.1) is 36.0 Å². The molecule has 0 atom stereocenters. The van der Waals surface area contributed by atoms with Crippen molar-refractivity contribution in [3.8, 4) is 11.1 Å². The molecule has 2 heterocycles. The van der Waals surface area contributed by atoms with Crippen molar-refractivity contribution in [1.29, 1.82) is 0 Å². The van der Waals surface area contributed by atoms with Gasteiger partial charge in [0, 0.05) is 24.3 Å². The Kier molecular flexibility index (Phi) is 6.08. The van der Waals surface area contributed by atoms with Crippen LogP contribution >= 0.6 is 0 Å². The molecule has 0 saturated carbocycles. The second-order valence-electron chi connectivity index (χ2n) is 8.14. The van der Waals surface area contributed by atoms with E-state index in [-0.39, 0.29) is 5.56 Å². The Morgan fingerprint density at radius 1 is 0.914 bits per heavy atom. The van der Waals surface area contributed by atoms with Gasteiger partial charge >= 0.3 is 6.18 Å². The van der Waals surface area contributed by atoms with Crippen molar-refractivity contribution < 1.29 is 22.7 Å². The van der Waals surface area contributed by atoms with Crippen molar-refractivity contribution in [2.45, 2.75) is 6.18 Å². The first-order chi connectivity index (χ1) is 16.9. The summed E-state index contributed by atoms with van der Waals surface area (Å²) in [7, 11) is 0. The molecule has 1 amide bonds. The van der Waals surface area contributed by atoms with Crippen LogP contribution in [0.15, 0.2) is 72.9 Å². The van der Waals surface area contributed by atoms with E-state index in [0.29, 0.717) is 18.9 Å². The minimum atomic E-state index is -4.51. The van der Waals surface area contributed by atoms with Crippen molar-refractivity contribution in [1.82, 2.24) is 9.97 Å². The third kappa shape index (κ3) is 5.09. The van der Waals surface area contributed by atoms with Gasteiger partial charge in [0.25, 0.3) is 5.91 Å². The summed E-state index contributed by atoms with van der Waals surface area (Å²) in [6.07, 6.45) is -2.74. The molecule has 35 heavy (non-hydrogen) atoms. The van der Waals surface area contributed by atoms with Crippen LogP contribution in [-0.2, 0) is 10.9 Å². The summed E-state index contributed by atoms with van der Waals surface area (Å²) in [4.78, 5) is 23.9. The molecule has 1 saturated heterocycles. The monoisotopic (exact) mass is 478 g/mol. The number of rotatable bonds is 4. The van der Waals surface area contributed by atoms with Crippen LogP contribution in [-0.4, -0.2) is 42.2 Å². The van der Waals surface area contributed by atoms with Gasteiger partial charge < -0.3 is 15.0 Å². The number of carbonyl (C=O) groups is 1. The number of ether oxygens (including phenoxy) is 1. The number of carbonyl (C=O) groups excluding carboxylic acids is 1. The molecule has 6 nitrogen and oxygen atoms in total. The molecule has 1 aliphatic heterocycles. The fourth-order valence-electron chi connectivity index (χ4n) is 3.91. The predicted octanol–water partition coefficient (Wildman–Crippen LogP) is 5.40. The highest BCUT2D eigenvalue weighted by atomic mass is 19.4. The molecule has 4 aromatic rings. The molecule has 1 aromatic heterocycles. The van der Waals surface area contributed by atoms with Crippen LogP contribution in [0.25, 0.3) is 22.2 Å². The largest absolute Gasteiger partial charge is 0.416 e. The van der Waals surface area contributed by atoms with Crippen molar-refractivity contribution >= 4 is 28.4 Å². The van der Waals surface area contributed by atoms with Crippen LogP contribution in [0.3, 0.4) is 0 Å². The van der Waals surface area contributed by atoms with E-state index < -0.39 is 17.6 Å². The standard InChI is InChI=1S/C26H21F3N4O2/c27-26(28,29)20-3-1-2-19(14-20)25(34)31-21-7-4-17(5-8-21)18-6-9-22-23(15-18)32-24(16-30-22)33-10-12-35-13-11-33/h1-9,14-16H,10-13H2,(H,31,34). The molecule has 0 spiro atoms. The Hall–Kier alpha value is -3.98. The van der Waals surface area contributed by atoms with Crippen molar-refractivity contribution in [3.05, 3.63) is 84.1 Å². The zero-order chi connectivity index (χ0) is 24.4. The molecule has 3 aromatic carbocycles. The SMILES string of the molecule is O=C(Nc1ccc(-c2ccc3ncc(N4CCOCC4)nc3c2)cc1)c1cccc(C(F)(F)F)c1. The Labute approximate surface area is 199 Å². The summed E-state index contributed by atoms with van der Waals surface area (Å²) in [6, 6.07) is 17.2. The van der Waals surface area contributed by atoms with E-state index in [0.717, 1.165) is 53.2 Å². The van der Waals surface area contributed by atoms with Gasteiger partial charge in [-0.3, -0.25) is 9.78 Å². The zero-order valence-corrected chi connectivity index (χ0v) is 18.5. The third-order valence-electron chi connectivity index (χ3n) is 5.79. The maximum Gasteiger partial charge on any atom is 0.416 e. The normalized spacial score (nSPS) is 14.2. The van der Waals surface area contributed by atoms with Gasteiger partial charge in [-0.25, -0.2) is 4.98 Å². The summed E-state index contributed by atoms with van der Waals surface area (Å²) in [5.41, 5.74) is 2.95. The van der Waals surface area contributed by atoms with Gasteiger partial charge in [-0.05, 0) is 53.6 Å². The Morgan fingerprint density at radius 2 is 1.66 bits per heavy atom. The maximum absolute atomic E-state index is 12.9. The molecule has 0 bridgehead atoms. The highest BCUT2D eigenvalue weighted by Gasteiger charge is 2.30. The van der Waals surface area contributed by atoms with Crippen LogP contribution in [0, 0.1) is 0 Å². The number of hydrogen-bond acceptors (Lipinski definition) is 5. The molecule has 1 aliphatic rings. The summed E-state index contributed by atoms with van der Waals surface area (Å²) < 4.78 is 44.2. The number of hydrogen-bond donors (Lipinski definition) is 1. The van der Waals surface area contributed by atoms with E-state index in [9.17, 15) is 18.0 Å². The first-order valence-electron chi connectivity index (χ1n) is 11.1. The van der Waals surface area contributed by atoms with Crippen LogP contribution in [0.2, 0.25) is 0 Å². The van der Waals surface area contributed by atoms with E-state index in [4.69, 9.17) is 9.72 Å². The van der Waals surface area contributed by atoms with E-state index in [1.807, 2.05) is 30.3 Å². The lowest BCUT2D eigenvalue weighted by Gasteiger charge is -2.27. The van der Waals surface area contributed by atoms with Crippen LogP contribution < -0.4 is 10.2 Å². The first-order valence-corrected chi connectivity index (χ1v) is 11.1. The number of fused-ring (bicyclic) bond motifs is 1. The molecule has 0 unspecified atom stereocenters. The number of morpholine rings is 1. The van der Waals surface area contributed by atoms with Gasteiger partial charge in [0.15, 0.2) is 0 Å². The number of benzene rings is 3. The molecule has 0 radical (unpaired) electrons. The minimum Gasteiger partial charge on any atom is -0.378 e. The number of nitrogens with zero attached hydrogens (tertiary/aromatic N) is 3. The lowest BCUT2D eigenvalue weighted by atomic mass is 10.0. The maximum atomic E-state index is 12.9. The number of alkyl halides is 3. The van der Waals surface area contributed by atoms with E-state index in [1.165, 1.54) is 12.1 Å². The highest BCUT2D eigenvalue weighted by Crippen LogP contribution is 2.30. The van der Waals surface area contributed by atoms with E-state index in [2.05, 4.69) is 15.2 Å². The molecular weight excluding hydrogens is 457 g/mol. The molecule has 178 valence electrons. The summed E-state index contributed by atoms with van der Waals surface area (Å²) in [6.45, 7) is 2.87. The fraction of sp³-hybridized carbons (Fsp3) is 0.192. The van der Waals surface area contributed by atoms with Crippen molar-refractivity contribution in [2.24, 2.45) is 0 Å². The van der Waals surface area contributed by atoms with Gasteiger partial charge in [-0.15, -0.1) is 0 Å². The number of halogens is 3. The number of aromatic nitrogens is 2. The molecule has 9 heteroatoms. The van der Waals surface area contributed by atoms with E-state index in [1.54, 1.807) is 18.3 Å². The van der Waals surface area contributed by atoms with E-state index >= 15 is 0 Å². The quantitative estimate of drug-likeness (QED) is 0.425. The van der Waals surface area contributed by atoms with Crippen LogP contribution in [0.4, 0.5) is 24.7 Å². The fourth-order valence-corrected chi connectivity index (χ4v) is 3.91. The minimum absolute atomic E-state index is 0.0620. The number of anilines is 2. The molecule has 5 rings (SSSR count). The number of amides is 1. The average Bonchev–Trinajstić information content (AvgIpc) is 2.88. The highest BCUT2D eigenvalue weighted by molar-refractivity contribution is 6.04. The Morgan fingerprint density at radius 3 is 2.40 bits per heavy atom. The summed E-state index contributed by atoms with van der Waals surface area (Å²) >= 11 is 0. The molecule has 1 N–H and O–H groups in total. The summed E-state index contributed by atoms with van der Waals surface area (Å²) in [5, 5.41) is 2.64. The van der Waals surface area contributed by atoms with Gasteiger partial charge in [0.2, 0.25) is 0 Å².